The third-order valence-electron chi connectivity index (χ3n) is 2.80. The first kappa shape index (κ1) is 14.9. The van der Waals surface area contributed by atoms with Crippen molar-refractivity contribution >= 4 is 0 Å². The van der Waals surface area contributed by atoms with E-state index in [0.29, 0.717) is 0 Å². The van der Waals surface area contributed by atoms with E-state index >= 15 is 0 Å². The molecule has 0 saturated carbocycles. The van der Waals surface area contributed by atoms with E-state index in [1.807, 2.05) is 25.9 Å². The molecule has 0 aliphatic carbocycles. The summed E-state index contributed by atoms with van der Waals surface area (Å²) in [5, 5.41) is 0. The number of ether oxygens (including phenoxy) is 2. The van der Waals surface area contributed by atoms with Crippen molar-refractivity contribution in [1.82, 2.24) is 4.90 Å². The lowest BCUT2D eigenvalue weighted by Gasteiger charge is -2.39. The highest BCUT2D eigenvalue weighted by molar-refractivity contribution is 4.64. The van der Waals surface area contributed by atoms with Crippen LogP contribution in [0, 0.1) is 0 Å². The first-order valence-electron chi connectivity index (χ1n) is 5.88. The first-order valence-corrected chi connectivity index (χ1v) is 5.88. The maximum absolute atomic E-state index is 5.92. The highest BCUT2D eigenvalue weighted by Crippen LogP contribution is 2.21. The third-order valence-corrected chi connectivity index (χ3v) is 2.80. The molecule has 0 heterocycles. The molecule has 0 radical (unpaired) electrons. The van der Waals surface area contributed by atoms with E-state index in [-0.39, 0.29) is 12.2 Å². The van der Waals surface area contributed by atoms with E-state index in [0.717, 1.165) is 12.8 Å². The van der Waals surface area contributed by atoms with Crippen molar-refractivity contribution in [3.8, 4) is 0 Å². The molecule has 0 amide bonds. The van der Waals surface area contributed by atoms with E-state index < -0.39 is 5.91 Å². The Bertz CT molecular complexity index is 159. The quantitative estimate of drug-likeness (QED) is 0.612. The zero-order chi connectivity index (χ0) is 12.1. The van der Waals surface area contributed by atoms with Crippen LogP contribution in [0.1, 0.15) is 47.5 Å². The SMILES string of the molecule is CCC(C)OC(C)(OC(C)CC)N(C)C. The van der Waals surface area contributed by atoms with Gasteiger partial charge in [0.15, 0.2) is 0 Å². The summed E-state index contributed by atoms with van der Waals surface area (Å²) in [6.07, 6.45) is 2.41. The zero-order valence-electron chi connectivity index (χ0n) is 11.3. The molecule has 0 bridgehead atoms. The predicted octanol–water partition coefficient (Wildman–Crippen LogP) is 2.85. The monoisotopic (exact) mass is 217 g/mol. The van der Waals surface area contributed by atoms with E-state index in [1.165, 1.54) is 0 Å². The summed E-state index contributed by atoms with van der Waals surface area (Å²) in [5.74, 6) is -0.620. The number of hydrogen-bond acceptors (Lipinski definition) is 3. The molecule has 0 N–H and O–H groups in total. The lowest BCUT2D eigenvalue weighted by molar-refractivity contribution is -0.326. The number of rotatable bonds is 7. The zero-order valence-corrected chi connectivity index (χ0v) is 11.3. The molecule has 15 heavy (non-hydrogen) atoms. The van der Waals surface area contributed by atoms with Gasteiger partial charge in [-0.1, -0.05) is 13.8 Å². The molecule has 3 heteroatoms. The molecule has 0 aromatic heterocycles. The molecule has 2 atom stereocenters. The molecule has 3 nitrogen and oxygen atoms in total. The van der Waals surface area contributed by atoms with E-state index in [9.17, 15) is 0 Å². The fourth-order valence-corrected chi connectivity index (χ4v) is 1.15. The van der Waals surface area contributed by atoms with Crippen molar-refractivity contribution < 1.29 is 9.47 Å². The summed E-state index contributed by atoms with van der Waals surface area (Å²) in [7, 11) is 3.95. The van der Waals surface area contributed by atoms with Gasteiger partial charge in [0, 0.05) is 6.92 Å². The second kappa shape index (κ2) is 6.46. The Morgan fingerprint density at radius 1 is 1.00 bits per heavy atom. The molecule has 2 unspecified atom stereocenters. The Morgan fingerprint density at radius 2 is 1.33 bits per heavy atom. The average Bonchev–Trinajstić information content (AvgIpc) is 2.16. The Hall–Kier alpha value is -0.120. The highest BCUT2D eigenvalue weighted by Gasteiger charge is 2.32. The van der Waals surface area contributed by atoms with Crippen molar-refractivity contribution in [2.24, 2.45) is 0 Å². The van der Waals surface area contributed by atoms with Crippen LogP contribution in [-0.2, 0) is 9.47 Å². The van der Waals surface area contributed by atoms with Gasteiger partial charge >= 0.3 is 0 Å². The summed E-state index contributed by atoms with van der Waals surface area (Å²) < 4.78 is 11.8. The van der Waals surface area contributed by atoms with E-state index in [4.69, 9.17) is 9.47 Å². The summed E-state index contributed by atoms with van der Waals surface area (Å²) in [5.41, 5.74) is 0. The van der Waals surface area contributed by atoms with Gasteiger partial charge < -0.3 is 9.47 Å². The molecule has 0 saturated heterocycles. The van der Waals surface area contributed by atoms with Crippen LogP contribution in [0.3, 0.4) is 0 Å². The third kappa shape index (κ3) is 4.96. The van der Waals surface area contributed by atoms with Crippen LogP contribution in [0.4, 0.5) is 0 Å². The van der Waals surface area contributed by atoms with Gasteiger partial charge in [-0.2, -0.15) is 0 Å². The maximum Gasteiger partial charge on any atom is 0.226 e. The van der Waals surface area contributed by atoms with Gasteiger partial charge in [-0.15, -0.1) is 0 Å². The molecule has 0 fully saturated rings. The number of nitrogens with zero attached hydrogens (tertiary/aromatic N) is 1. The molecule has 0 aliphatic heterocycles. The summed E-state index contributed by atoms with van der Waals surface area (Å²) in [6, 6.07) is 0. The summed E-state index contributed by atoms with van der Waals surface area (Å²) >= 11 is 0. The largest absolute Gasteiger partial charge is 0.334 e. The van der Waals surface area contributed by atoms with Crippen LogP contribution in [0.15, 0.2) is 0 Å². The Kier molecular flexibility index (Phi) is 6.41. The van der Waals surface area contributed by atoms with E-state index in [2.05, 4.69) is 27.7 Å². The minimum Gasteiger partial charge on any atom is -0.334 e. The Labute approximate surface area is 94.7 Å². The number of hydrogen-bond donors (Lipinski definition) is 0. The summed E-state index contributed by atoms with van der Waals surface area (Å²) in [6.45, 7) is 10.3. The Morgan fingerprint density at radius 3 is 1.53 bits per heavy atom. The van der Waals surface area contributed by atoms with Gasteiger partial charge in [0.2, 0.25) is 5.91 Å². The fourth-order valence-electron chi connectivity index (χ4n) is 1.15. The van der Waals surface area contributed by atoms with Gasteiger partial charge in [0.05, 0.1) is 12.2 Å². The minimum absolute atomic E-state index is 0.210. The van der Waals surface area contributed by atoms with Crippen LogP contribution in [-0.4, -0.2) is 37.1 Å². The van der Waals surface area contributed by atoms with Crippen LogP contribution in [0.2, 0.25) is 0 Å². The standard InChI is InChI=1S/C12H27NO2/c1-8-10(3)14-12(5,13(6)7)15-11(4)9-2/h10-11H,8-9H2,1-7H3. The minimum atomic E-state index is -0.620. The molecule has 0 aliphatic rings. The van der Waals surface area contributed by atoms with Crippen molar-refractivity contribution in [2.75, 3.05) is 14.1 Å². The molecular formula is C12H27NO2. The van der Waals surface area contributed by atoms with Gasteiger partial charge in [0.25, 0.3) is 0 Å². The van der Waals surface area contributed by atoms with Gasteiger partial charge in [0.1, 0.15) is 0 Å². The molecule has 0 spiro atoms. The Balaban J connectivity index is 4.44. The van der Waals surface area contributed by atoms with E-state index in [1.54, 1.807) is 0 Å². The second-order valence-electron chi connectivity index (χ2n) is 4.47. The van der Waals surface area contributed by atoms with Crippen LogP contribution in [0.5, 0.6) is 0 Å². The average molecular weight is 217 g/mol. The summed E-state index contributed by atoms with van der Waals surface area (Å²) in [4.78, 5) is 1.98. The van der Waals surface area contributed by atoms with Crippen LogP contribution < -0.4 is 0 Å². The maximum atomic E-state index is 5.92. The van der Waals surface area contributed by atoms with Crippen molar-refractivity contribution in [3.05, 3.63) is 0 Å². The van der Waals surface area contributed by atoms with Gasteiger partial charge in [-0.05, 0) is 40.8 Å². The highest BCUT2D eigenvalue weighted by atomic mass is 16.7. The van der Waals surface area contributed by atoms with Crippen LogP contribution >= 0.6 is 0 Å². The first-order chi connectivity index (χ1) is 6.85. The molecular weight excluding hydrogens is 190 g/mol. The molecule has 0 aromatic rings. The van der Waals surface area contributed by atoms with Crippen molar-refractivity contribution in [2.45, 2.75) is 65.6 Å². The topological polar surface area (TPSA) is 21.7 Å². The molecule has 0 aromatic carbocycles. The lowest BCUT2D eigenvalue weighted by Crippen LogP contribution is -2.49. The van der Waals surface area contributed by atoms with Gasteiger partial charge in [-0.3, -0.25) is 4.90 Å². The lowest BCUT2D eigenvalue weighted by atomic mass is 10.3. The van der Waals surface area contributed by atoms with Crippen LogP contribution in [0.25, 0.3) is 0 Å². The van der Waals surface area contributed by atoms with Gasteiger partial charge in [-0.25, -0.2) is 0 Å². The molecule has 0 rings (SSSR count). The van der Waals surface area contributed by atoms with Crippen molar-refractivity contribution in [1.29, 1.82) is 0 Å². The molecule has 92 valence electrons. The predicted molar refractivity (Wildman–Crippen MR) is 63.8 cm³/mol. The fraction of sp³-hybridized carbons (Fsp3) is 1.00. The second-order valence-corrected chi connectivity index (χ2v) is 4.47. The van der Waals surface area contributed by atoms with Crippen molar-refractivity contribution in [3.63, 3.8) is 0 Å². The smallest absolute Gasteiger partial charge is 0.226 e. The normalized spacial score (nSPS) is 20.0.